The fraction of sp³-hybridized carbons (Fsp3) is 0.136. The van der Waals surface area contributed by atoms with Crippen LogP contribution in [-0.2, 0) is 19.1 Å². The molecule has 1 aliphatic heterocycles. The van der Waals surface area contributed by atoms with E-state index < -0.39 is 17.8 Å². The van der Waals surface area contributed by atoms with E-state index in [9.17, 15) is 14.4 Å². The number of carbonyl (C=O) groups excluding carboxylic acids is 3. The van der Waals surface area contributed by atoms with Crippen LogP contribution in [0.2, 0.25) is 10.0 Å². The molecule has 0 unspecified atom stereocenters. The van der Waals surface area contributed by atoms with Gasteiger partial charge in [-0.2, -0.15) is 0 Å². The topological polar surface area (TPSA) is 72.9 Å². The normalized spacial score (nSPS) is 15.0. The van der Waals surface area contributed by atoms with Crippen LogP contribution in [0, 0.1) is 0 Å². The average molecular weight is 446 g/mol. The number of amides is 1. The molecule has 0 aromatic heterocycles. The largest absolute Gasteiger partial charge is 0.465 e. The molecular weight excluding hydrogens is 429 g/mol. The lowest BCUT2D eigenvalue weighted by atomic mass is 10.0. The molecule has 6 nitrogen and oxygen atoms in total. The molecule has 0 atom stereocenters. The van der Waals surface area contributed by atoms with Crippen LogP contribution in [0.15, 0.2) is 59.3 Å². The lowest BCUT2D eigenvalue weighted by Gasteiger charge is -2.18. The first kappa shape index (κ1) is 21.6. The Hall–Kier alpha value is -3.09. The highest BCUT2D eigenvalue weighted by Crippen LogP contribution is 2.36. The Morgan fingerprint density at radius 2 is 1.60 bits per heavy atom. The molecule has 0 aliphatic carbocycles. The molecule has 0 saturated carbocycles. The number of nitrogens with zero attached hydrogens (tertiary/aromatic N) is 1. The first-order valence-electron chi connectivity index (χ1n) is 8.77. The van der Waals surface area contributed by atoms with Gasteiger partial charge in [-0.15, -0.1) is 0 Å². The highest BCUT2D eigenvalue weighted by molar-refractivity contribution is 6.36. The summed E-state index contributed by atoms with van der Waals surface area (Å²) >= 11 is 12.2. The molecule has 1 aliphatic rings. The van der Waals surface area contributed by atoms with Gasteiger partial charge in [0.05, 0.1) is 30.9 Å². The van der Waals surface area contributed by atoms with Gasteiger partial charge in [-0.05, 0) is 55.0 Å². The average Bonchev–Trinajstić information content (AvgIpc) is 2.98. The van der Waals surface area contributed by atoms with Crippen molar-refractivity contribution >= 4 is 52.8 Å². The first-order valence-corrected chi connectivity index (χ1v) is 9.53. The van der Waals surface area contributed by atoms with Crippen LogP contribution >= 0.6 is 23.2 Å². The molecule has 0 saturated heterocycles. The van der Waals surface area contributed by atoms with Crippen LogP contribution in [0.5, 0.6) is 0 Å². The summed E-state index contributed by atoms with van der Waals surface area (Å²) in [5, 5.41) is 0.790. The van der Waals surface area contributed by atoms with Gasteiger partial charge in [-0.1, -0.05) is 29.3 Å². The minimum absolute atomic E-state index is 0.130. The standard InChI is InChI=1S/C22H17Cl2NO5/c1-12-19(22(28)30-3)17(10-14-4-7-15(23)11-18(14)24)20(26)25(12)16-8-5-13(6-9-16)21(27)29-2/h4-11H,1-3H3. The van der Waals surface area contributed by atoms with Gasteiger partial charge in [0.2, 0.25) is 0 Å². The van der Waals surface area contributed by atoms with E-state index in [0.717, 1.165) is 0 Å². The molecule has 1 heterocycles. The van der Waals surface area contributed by atoms with Gasteiger partial charge < -0.3 is 9.47 Å². The van der Waals surface area contributed by atoms with Crippen LogP contribution in [0.3, 0.4) is 0 Å². The van der Waals surface area contributed by atoms with Gasteiger partial charge in [0.25, 0.3) is 5.91 Å². The van der Waals surface area contributed by atoms with Crippen molar-refractivity contribution in [1.29, 1.82) is 0 Å². The number of ether oxygens (including phenoxy) is 2. The van der Waals surface area contributed by atoms with E-state index in [-0.39, 0.29) is 11.1 Å². The maximum atomic E-state index is 13.3. The summed E-state index contributed by atoms with van der Waals surface area (Å²) in [6, 6.07) is 11.1. The number of rotatable bonds is 4. The number of anilines is 1. The summed E-state index contributed by atoms with van der Waals surface area (Å²) in [5.74, 6) is -1.56. The summed E-state index contributed by atoms with van der Waals surface area (Å²) in [6.45, 7) is 1.64. The molecule has 1 amide bonds. The van der Waals surface area contributed by atoms with E-state index in [0.29, 0.717) is 32.6 Å². The maximum Gasteiger partial charge on any atom is 0.340 e. The van der Waals surface area contributed by atoms with Gasteiger partial charge in [-0.25, -0.2) is 9.59 Å². The lowest BCUT2D eigenvalue weighted by molar-refractivity contribution is -0.136. The number of hydrogen-bond donors (Lipinski definition) is 0. The summed E-state index contributed by atoms with van der Waals surface area (Å²) in [4.78, 5) is 38.7. The van der Waals surface area contributed by atoms with Gasteiger partial charge in [0.15, 0.2) is 0 Å². The Labute approximate surface area is 183 Å². The third-order valence-electron chi connectivity index (χ3n) is 4.60. The summed E-state index contributed by atoms with van der Waals surface area (Å²) < 4.78 is 9.58. The third kappa shape index (κ3) is 3.97. The van der Waals surface area contributed by atoms with Gasteiger partial charge >= 0.3 is 11.9 Å². The predicted octanol–water partition coefficient (Wildman–Crippen LogP) is 4.66. The molecule has 0 radical (unpaired) electrons. The molecule has 2 aromatic rings. The molecule has 0 bridgehead atoms. The lowest BCUT2D eigenvalue weighted by Crippen LogP contribution is -2.24. The van der Waals surface area contributed by atoms with Crippen molar-refractivity contribution < 1.29 is 23.9 Å². The number of halogens is 2. The van der Waals surface area contributed by atoms with E-state index in [4.69, 9.17) is 27.9 Å². The molecule has 8 heteroatoms. The van der Waals surface area contributed by atoms with Crippen LogP contribution in [0.25, 0.3) is 6.08 Å². The molecule has 0 N–H and O–H groups in total. The Morgan fingerprint density at radius 3 is 2.17 bits per heavy atom. The van der Waals surface area contributed by atoms with Crippen molar-refractivity contribution in [2.24, 2.45) is 0 Å². The number of allylic oxidation sites excluding steroid dienone is 1. The van der Waals surface area contributed by atoms with Crippen LogP contribution in [0.4, 0.5) is 5.69 Å². The van der Waals surface area contributed by atoms with E-state index >= 15 is 0 Å². The van der Waals surface area contributed by atoms with Crippen LogP contribution in [-0.4, -0.2) is 32.1 Å². The number of hydrogen-bond acceptors (Lipinski definition) is 5. The molecule has 0 spiro atoms. The highest BCUT2D eigenvalue weighted by Gasteiger charge is 2.38. The molecule has 154 valence electrons. The number of methoxy groups -OCH3 is 2. The van der Waals surface area contributed by atoms with E-state index in [1.807, 2.05) is 0 Å². The molecular formula is C22H17Cl2NO5. The number of benzene rings is 2. The summed E-state index contributed by atoms with van der Waals surface area (Å²) in [7, 11) is 2.53. The Balaban J connectivity index is 2.10. The van der Waals surface area contributed by atoms with Crippen molar-refractivity contribution in [1.82, 2.24) is 0 Å². The van der Waals surface area contributed by atoms with Crippen molar-refractivity contribution in [2.75, 3.05) is 19.1 Å². The zero-order valence-corrected chi connectivity index (χ0v) is 17.9. The summed E-state index contributed by atoms with van der Waals surface area (Å²) in [5.41, 5.74) is 2.02. The monoisotopic (exact) mass is 445 g/mol. The second kappa shape index (κ2) is 8.73. The Morgan fingerprint density at radius 1 is 0.967 bits per heavy atom. The number of esters is 2. The maximum absolute atomic E-state index is 13.3. The fourth-order valence-electron chi connectivity index (χ4n) is 3.13. The van der Waals surface area contributed by atoms with Crippen molar-refractivity contribution in [3.05, 3.63) is 80.5 Å². The summed E-state index contributed by atoms with van der Waals surface area (Å²) in [6.07, 6.45) is 1.53. The van der Waals surface area contributed by atoms with Gasteiger partial charge in [0, 0.05) is 21.4 Å². The SMILES string of the molecule is COC(=O)C1=C(C)N(c2ccc(C(=O)OC)cc2)C(=O)C1=Cc1ccc(Cl)cc1Cl. The highest BCUT2D eigenvalue weighted by atomic mass is 35.5. The van der Waals surface area contributed by atoms with Crippen LogP contribution in [0.1, 0.15) is 22.8 Å². The van der Waals surface area contributed by atoms with E-state index in [1.54, 1.807) is 37.3 Å². The zero-order chi connectivity index (χ0) is 22.0. The quantitative estimate of drug-likeness (QED) is 0.505. The van der Waals surface area contributed by atoms with E-state index in [2.05, 4.69) is 4.74 Å². The van der Waals surface area contributed by atoms with Crippen molar-refractivity contribution in [2.45, 2.75) is 6.92 Å². The van der Waals surface area contributed by atoms with E-state index in [1.165, 1.54) is 37.3 Å². The predicted molar refractivity (Wildman–Crippen MR) is 114 cm³/mol. The van der Waals surface area contributed by atoms with Crippen LogP contribution < -0.4 is 4.90 Å². The minimum atomic E-state index is -0.647. The third-order valence-corrected chi connectivity index (χ3v) is 5.16. The molecule has 0 fully saturated rings. The molecule has 30 heavy (non-hydrogen) atoms. The Bertz CT molecular complexity index is 1100. The fourth-order valence-corrected chi connectivity index (χ4v) is 3.59. The second-order valence-corrected chi connectivity index (χ2v) is 7.20. The first-order chi connectivity index (χ1) is 14.3. The second-order valence-electron chi connectivity index (χ2n) is 6.35. The smallest absolute Gasteiger partial charge is 0.340 e. The molecule has 2 aromatic carbocycles. The minimum Gasteiger partial charge on any atom is -0.465 e. The van der Waals surface area contributed by atoms with Crippen molar-refractivity contribution in [3.8, 4) is 0 Å². The van der Waals surface area contributed by atoms with Gasteiger partial charge in [-0.3, -0.25) is 9.69 Å². The van der Waals surface area contributed by atoms with Crippen molar-refractivity contribution in [3.63, 3.8) is 0 Å². The zero-order valence-electron chi connectivity index (χ0n) is 16.4. The van der Waals surface area contributed by atoms with Gasteiger partial charge in [0.1, 0.15) is 0 Å². The number of carbonyl (C=O) groups is 3. The molecule has 3 rings (SSSR count). The Kier molecular flexibility index (Phi) is 6.29.